The summed E-state index contributed by atoms with van der Waals surface area (Å²) in [7, 11) is 1.61. The van der Waals surface area contributed by atoms with E-state index < -0.39 is 5.97 Å². The minimum absolute atomic E-state index is 0.00978. The zero-order valence-corrected chi connectivity index (χ0v) is 9.19. The van der Waals surface area contributed by atoms with Crippen molar-refractivity contribution in [2.24, 2.45) is 5.92 Å². The van der Waals surface area contributed by atoms with Gasteiger partial charge in [-0.3, -0.25) is 4.79 Å². The van der Waals surface area contributed by atoms with Crippen LogP contribution in [0.25, 0.3) is 0 Å². The van der Waals surface area contributed by atoms with Gasteiger partial charge in [-0.1, -0.05) is 6.92 Å². The van der Waals surface area contributed by atoms with E-state index in [1.165, 1.54) is 4.90 Å². The topological polar surface area (TPSA) is 69.6 Å². The molecule has 5 nitrogen and oxygen atoms in total. The number of nitrogens with one attached hydrogen (secondary N) is 1. The molecule has 2 amide bonds. The lowest BCUT2D eigenvalue weighted by Crippen LogP contribution is -2.50. The molecule has 0 aliphatic heterocycles. The maximum absolute atomic E-state index is 11.5. The second kappa shape index (κ2) is 5.00. The number of hydrogen-bond acceptors (Lipinski definition) is 2. The molecule has 0 aromatic carbocycles. The Balaban J connectivity index is 2.23. The molecule has 1 aliphatic rings. The van der Waals surface area contributed by atoms with Gasteiger partial charge in [0.25, 0.3) is 0 Å². The predicted octanol–water partition coefficient (Wildman–Crippen LogP) is 0.901. The number of amides is 2. The van der Waals surface area contributed by atoms with Crippen LogP contribution in [0, 0.1) is 5.92 Å². The smallest absolute Gasteiger partial charge is 0.317 e. The summed E-state index contributed by atoms with van der Waals surface area (Å²) < 4.78 is 0. The molecule has 1 fully saturated rings. The number of carboxylic acids is 1. The highest BCUT2D eigenvalue weighted by Crippen LogP contribution is 2.26. The van der Waals surface area contributed by atoms with Crippen molar-refractivity contribution >= 4 is 12.0 Å². The van der Waals surface area contributed by atoms with E-state index >= 15 is 0 Å². The lowest BCUT2D eigenvalue weighted by Gasteiger charge is -2.35. The zero-order chi connectivity index (χ0) is 11.4. The fraction of sp³-hybridized carbons (Fsp3) is 0.800. The van der Waals surface area contributed by atoms with Crippen LogP contribution in [-0.4, -0.2) is 41.6 Å². The first kappa shape index (κ1) is 11.8. The number of rotatable bonds is 4. The molecule has 0 aromatic heterocycles. The Bertz CT molecular complexity index is 255. The molecule has 2 N–H and O–H groups in total. The Morgan fingerprint density at radius 1 is 1.47 bits per heavy atom. The van der Waals surface area contributed by atoms with Crippen LogP contribution < -0.4 is 5.32 Å². The van der Waals surface area contributed by atoms with Gasteiger partial charge in [-0.15, -0.1) is 0 Å². The number of carbonyl (C=O) groups is 2. The van der Waals surface area contributed by atoms with Crippen LogP contribution in [0.1, 0.15) is 26.2 Å². The Hall–Kier alpha value is -1.26. The van der Waals surface area contributed by atoms with E-state index in [0.29, 0.717) is 5.92 Å². The molecule has 0 saturated heterocycles. The number of aliphatic carboxylic acids is 1. The van der Waals surface area contributed by atoms with Crippen molar-refractivity contribution < 1.29 is 14.7 Å². The van der Waals surface area contributed by atoms with Crippen molar-refractivity contribution in [3.05, 3.63) is 0 Å². The fourth-order valence-corrected chi connectivity index (χ4v) is 1.51. The van der Waals surface area contributed by atoms with Gasteiger partial charge in [0.1, 0.15) is 0 Å². The Kier molecular flexibility index (Phi) is 3.94. The lowest BCUT2D eigenvalue weighted by atomic mass is 9.81. The minimum Gasteiger partial charge on any atom is -0.481 e. The van der Waals surface area contributed by atoms with E-state index in [9.17, 15) is 9.59 Å². The summed E-state index contributed by atoms with van der Waals surface area (Å²) in [5, 5.41) is 11.4. The molecule has 0 bridgehead atoms. The number of carbonyl (C=O) groups excluding carboxylic acids is 1. The van der Waals surface area contributed by atoms with Gasteiger partial charge >= 0.3 is 12.0 Å². The van der Waals surface area contributed by atoms with E-state index in [-0.39, 0.29) is 25.0 Å². The van der Waals surface area contributed by atoms with Gasteiger partial charge in [-0.2, -0.15) is 0 Å². The molecule has 0 radical (unpaired) electrons. The summed E-state index contributed by atoms with van der Waals surface area (Å²) in [5.74, 6) is -0.339. The highest BCUT2D eigenvalue weighted by atomic mass is 16.4. The van der Waals surface area contributed by atoms with Crippen molar-refractivity contribution in [3.63, 3.8) is 0 Å². The van der Waals surface area contributed by atoms with Gasteiger partial charge in [0.05, 0.1) is 6.42 Å². The molecule has 1 rings (SSSR count). The molecule has 0 spiro atoms. The first-order chi connectivity index (χ1) is 7.00. The first-order valence-electron chi connectivity index (χ1n) is 5.24. The van der Waals surface area contributed by atoms with Gasteiger partial charge in [-0.05, 0) is 18.8 Å². The Morgan fingerprint density at radius 3 is 2.53 bits per heavy atom. The van der Waals surface area contributed by atoms with Crippen LogP contribution in [0.2, 0.25) is 0 Å². The summed E-state index contributed by atoms with van der Waals surface area (Å²) >= 11 is 0. The van der Waals surface area contributed by atoms with Crippen molar-refractivity contribution in [3.8, 4) is 0 Å². The molecule has 2 unspecified atom stereocenters. The summed E-state index contributed by atoms with van der Waals surface area (Å²) in [6, 6.07) is 0.0950. The largest absolute Gasteiger partial charge is 0.481 e. The third-order valence-corrected chi connectivity index (χ3v) is 2.94. The maximum atomic E-state index is 11.5. The molecule has 0 aromatic rings. The highest BCUT2D eigenvalue weighted by Gasteiger charge is 2.28. The normalized spacial score (nSPS) is 24.1. The summed E-state index contributed by atoms with van der Waals surface area (Å²) in [6.07, 6.45) is 2.17. The van der Waals surface area contributed by atoms with E-state index in [1.807, 2.05) is 0 Å². The van der Waals surface area contributed by atoms with E-state index in [4.69, 9.17) is 5.11 Å². The number of urea groups is 1. The third-order valence-electron chi connectivity index (χ3n) is 2.94. The van der Waals surface area contributed by atoms with E-state index in [1.54, 1.807) is 7.05 Å². The molecule has 1 aliphatic carbocycles. The molecule has 2 atom stereocenters. The zero-order valence-electron chi connectivity index (χ0n) is 9.19. The van der Waals surface area contributed by atoms with Crippen molar-refractivity contribution in [2.45, 2.75) is 32.2 Å². The second-order valence-electron chi connectivity index (χ2n) is 4.18. The average molecular weight is 214 g/mol. The van der Waals surface area contributed by atoms with E-state index in [0.717, 1.165) is 12.8 Å². The third kappa shape index (κ3) is 3.42. The number of hydrogen-bond donors (Lipinski definition) is 2. The lowest BCUT2D eigenvalue weighted by molar-refractivity contribution is -0.137. The van der Waals surface area contributed by atoms with Crippen LogP contribution >= 0.6 is 0 Å². The minimum atomic E-state index is -0.883. The SMILES string of the molecule is CC1CCC1NC(=O)N(C)CCC(=O)O. The molecule has 86 valence electrons. The molecule has 1 saturated carbocycles. The molecular weight excluding hydrogens is 196 g/mol. The molecule has 0 heterocycles. The molecular formula is C10H18N2O3. The summed E-state index contributed by atoms with van der Waals surface area (Å²) in [6.45, 7) is 2.36. The summed E-state index contributed by atoms with van der Waals surface area (Å²) in [4.78, 5) is 23.3. The molecule has 5 heteroatoms. The monoisotopic (exact) mass is 214 g/mol. The Labute approximate surface area is 89.4 Å². The fourth-order valence-electron chi connectivity index (χ4n) is 1.51. The average Bonchev–Trinajstić information content (AvgIpc) is 2.19. The Morgan fingerprint density at radius 2 is 2.13 bits per heavy atom. The van der Waals surface area contributed by atoms with Crippen LogP contribution in [0.15, 0.2) is 0 Å². The van der Waals surface area contributed by atoms with Gasteiger partial charge in [0.2, 0.25) is 0 Å². The highest BCUT2D eigenvalue weighted by molar-refractivity contribution is 5.75. The van der Waals surface area contributed by atoms with Gasteiger partial charge < -0.3 is 15.3 Å². The van der Waals surface area contributed by atoms with Gasteiger partial charge in [0, 0.05) is 19.6 Å². The maximum Gasteiger partial charge on any atom is 0.317 e. The van der Waals surface area contributed by atoms with Crippen LogP contribution in [0.5, 0.6) is 0 Å². The van der Waals surface area contributed by atoms with Crippen molar-refractivity contribution in [1.82, 2.24) is 10.2 Å². The number of carboxylic acid groups (broad SMARTS) is 1. The van der Waals surface area contributed by atoms with Gasteiger partial charge in [0.15, 0.2) is 0 Å². The predicted molar refractivity (Wildman–Crippen MR) is 55.6 cm³/mol. The van der Waals surface area contributed by atoms with Crippen LogP contribution in [-0.2, 0) is 4.79 Å². The summed E-state index contributed by atoms with van der Waals surface area (Å²) in [5.41, 5.74) is 0. The van der Waals surface area contributed by atoms with Crippen LogP contribution in [0.4, 0.5) is 4.79 Å². The molecule has 15 heavy (non-hydrogen) atoms. The van der Waals surface area contributed by atoms with E-state index in [2.05, 4.69) is 12.2 Å². The quantitative estimate of drug-likeness (QED) is 0.730. The standard InChI is InChI=1S/C10H18N2O3/c1-7-3-4-8(7)11-10(15)12(2)6-5-9(13)14/h7-8H,3-6H2,1-2H3,(H,11,15)(H,13,14). The second-order valence-corrected chi connectivity index (χ2v) is 4.18. The van der Waals surface area contributed by atoms with Crippen LogP contribution in [0.3, 0.4) is 0 Å². The number of nitrogens with zero attached hydrogens (tertiary/aromatic N) is 1. The van der Waals surface area contributed by atoms with Gasteiger partial charge in [-0.25, -0.2) is 4.79 Å². The van der Waals surface area contributed by atoms with Crippen molar-refractivity contribution in [1.29, 1.82) is 0 Å². The van der Waals surface area contributed by atoms with Crippen molar-refractivity contribution in [2.75, 3.05) is 13.6 Å². The first-order valence-corrected chi connectivity index (χ1v) is 5.24.